The summed E-state index contributed by atoms with van der Waals surface area (Å²) in [5.41, 5.74) is 0.993. The molecule has 3 aliphatic heterocycles. The highest BCUT2D eigenvalue weighted by molar-refractivity contribution is 5.78. The summed E-state index contributed by atoms with van der Waals surface area (Å²) in [5, 5.41) is 0. The van der Waals surface area contributed by atoms with Crippen LogP contribution in [0, 0.1) is 11.8 Å². The van der Waals surface area contributed by atoms with E-state index in [-0.39, 0.29) is 17.4 Å². The van der Waals surface area contributed by atoms with Gasteiger partial charge in [0.25, 0.3) is 5.56 Å². The van der Waals surface area contributed by atoms with Gasteiger partial charge in [-0.3, -0.25) is 19.1 Å². The highest BCUT2D eigenvalue weighted by Gasteiger charge is 2.29. The highest BCUT2D eigenvalue weighted by Crippen LogP contribution is 2.27. The van der Waals surface area contributed by atoms with Crippen LogP contribution in [0.3, 0.4) is 0 Å². The molecule has 2 fully saturated rings. The lowest BCUT2D eigenvalue weighted by Crippen LogP contribution is -2.48. The normalized spacial score (nSPS) is 28.6. The molecule has 3 atom stereocenters. The van der Waals surface area contributed by atoms with Crippen molar-refractivity contribution in [3.63, 3.8) is 0 Å². The molecule has 3 unspecified atom stereocenters. The molecule has 1 aromatic rings. The molecule has 0 aromatic carbocycles. The molecular weight excluding hydrogens is 364 g/mol. The Bertz CT molecular complexity index is 780. The maximum absolute atomic E-state index is 13.0. The fourth-order valence-electron chi connectivity index (χ4n) is 5.60. The first-order valence-electron chi connectivity index (χ1n) is 11.6. The van der Waals surface area contributed by atoms with Crippen LogP contribution in [0.2, 0.25) is 0 Å². The van der Waals surface area contributed by atoms with Crippen molar-refractivity contribution in [3.05, 3.63) is 27.9 Å². The summed E-state index contributed by atoms with van der Waals surface area (Å²) in [7, 11) is 0. The second-order valence-corrected chi connectivity index (χ2v) is 9.72. The Hall–Kier alpha value is -1.69. The van der Waals surface area contributed by atoms with Crippen molar-refractivity contribution >= 4 is 5.91 Å². The van der Waals surface area contributed by atoms with Crippen LogP contribution in [0.15, 0.2) is 10.9 Å². The van der Waals surface area contributed by atoms with Crippen LogP contribution in [0.5, 0.6) is 0 Å². The summed E-state index contributed by atoms with van der Waals surface area (Å²) in [6.45, 7) is 9.48. The molecule has 1 aromatic heterocycles. The van der Waals surface area contributed by atoms with Crippen molar-refractivity contribution in [2.75, 3.05) is 32.7 Å². The van der Waals surface area contributed by atoms with E-state index in [1.807, 2.05) is 9.47 Å². The average Bonchev–Trinajstić information content (AvgIpc) is 2.93. The van der Waals surface area contributed by atoms with Crippen molar-refractivity contribution in [3.8, 4) is 0 Å². The first kappa shape index (κ1) is 20.6. The maximum Gasteiger partial charge on any atom is 0.253 e. The van der Waals surface area contributed by atoms with E-state index < -0.39 is 0 Å². The van der Waals surface area contributed by atoms with E-state index in [9.17, 15) is 9.59 Å². The van der Waals surface area contributed by atoms with E-state index in [0.29, 0.717) is 24.9 Å². The number of aromatic nitrogens is 2. The molecule has 1 amide bonds. The van der Waals surface area contributed by atoms with Gasteiger partial charge in [-0.05, 0) is 43.9 Å². The first-order valence-corrected chi connectivity index (χ1v) is 11.6. The molecule has 6 heteroatoms. The number of rotatable bonds is 3. The van der Waals surface area contributed by atoms with Gasteiger partial charge in [-0.1, -0.05) is 20.3 Å². The summed E-state index contributed by atoms with van der Waals surface area (Å²) >= 11 is 0. The molecule has 0 saturated carbocycles. The standard InChI is InChI=1S/C23H36N4O2/c1-17-11-18(2)14-25(13-17)16-23(29)26-9-6-7-19(15-26)20-12-22(28)27-10-5-3-4-8-21(27)24-20/h12,17-19H,3-11,13-16H2,1-2H3. The van der Waals surface area contributed by atoms with E-state index in [1.165, 1.54) is 6.42 Å². The zero-order chi connectivity index (χ0) is 20.4. The second-order valence-electron chi connectivity index (χ2n) is 9.72. The Morgan fingerprint density at radius 2 is 1.86 bits per heavy atom. The minimum atomic E-state index is 0.0895. The number of fused-ring (bicyclic) bond motifs is 1. The second kappa shape index (κ2) is 8.99. The molecule has 29 heavy (non-hydrogen) atoms. The smallest absolute Gasteiger partial charge is 0.253 e. The molecule has 160 valence electrons. The lowest BCUT2D eigenvalue weighted by atomic mass is 9.91. The van der Waals surface area contributed by atoms with Gasteiger partial charge in [-0.25, -0.2) is 4.98 Å². The zero-order valence-electron chi connectivity index (χ0n) is 18.1. The van der Waals surface area contributed by atoms with Gasteiger partial charge in [0.15, 0.2) is 0 Å². The van der Waals surface area contributed by atoms with E-state index in [4.69, 9.17) is 4.98 Å². The Morgan fingerprint density at radius 1 is 1.07 bits per heavy atom. The summed E-state index contributed by atoms with van der Waals surface area (Å²) in [5.74, 6) is 2.70. The van der Waals surface area contributed by atoms with Crippen LogP contribution in [0.4, 0.5) is 0 Å². The summed E-state index contributed by atoms with van der Waals surface area (Å²) in [6, 6.07) is 1.74. The summed E-state index contributed by atoms with van der Waals surface area (Å²) < 4.78 is 1.86. The molecule has 4 rings (SSSR count). The fraction of sp³-hybridized carbons (Fsp3) is 0.783. The number of carbonyl (C=O) groups is 1. The largest absolute Gasteiger partial charge is 0.341 e. The van der Waals surface area contributed by atoms with Crippen molar-refractivity contribution in [2.45, 2.75) is 71.3 Å². The Balaban J connectivity index is 1.43. The van der Waals surface area contributed by atoms with Gasteiger partial charge in [0.05, 0.1) is 12.2 Å². The third kappa shape index (κ3) is 4.90. The number of nitrogens with zero attached hydrogens (tertiary/aromatic N) is 4. The van der Waals surface area contributed by atoms with Crippen molar-refractivity contribution < 1.29 is 4.79 Å². The molecule has 0 aliphatic carbocycles. The van der Waals surface area contributed by atoms with Gasteiger partial charge >= 0.3 is 0 Å². The fourth-order valence-corrected chi connectivity index (χ4v) is 5.60. The number of likely N-dealkylation sites (tertiary alicyclic amines) is 2. The van der Waals surface area contributed by atoms with Gasteiger partial charge in [-0.2, -0.15) is 0 Å². The Morgan fingerprint density at radius 3 is 2.66 bits per heavy atom. The molecule has 4 heterocycles. The lowest BCUT2D eigenvalue weighted by molar-refractivity contribution is -0.134. The molecule has 6 nitrogen and oxygen atoms in total. The molecule has 3 aliphatic rings. The van der Waals surface area contributed by atoms with Crippen molar-refractivity contribution in [2.24, 2.45) is 11.8 Å². The van der Waals surface area contributed by atoms with E-state index in [0.717, 1.165) is 76.2 Å². The number of aryl methyl sites for hydroxylation is 1. The monoisotopic (exact) mass is 400 g/mol. The summed E-state index contributed by atoms with van der Waals surface area (Å²) in [6.07, 6.45) is 7.49. The first-order chi connectivity index (χ1) is 14.0. The molecule has 2 saturated heterocycles. The third-order valence-corrected chi connectivity index (χ3v) is 6.88. The minimum Gasteiger partial charge on any atom is -0.341 e. The zero-order valence-corrected chi connectivity index (χ0v) is 18.1. The number of piperidine rings is 2. The third-order valence-electron chi connectivity index (χ3n) is 6.88. The van der Waals surface area contributed by atoms with Crippen LogP contribution in [0.25, 0.3) is 0 Å². The molecule has 0 spiro atoms. The molecule has 0 bridgehead atoms. The number of hydrogen-bond acceptors (Lipinski definition) is 4. The number of hydrogen-bond donors (Lipinski definition) is 0. The lowest BCUT2D eigenvalue weighted by Gasteiger charge is -2.37. The molecular formula is C23H36N4O2. The van der Waals surface area contributed by atoms with E-state index in [2.05, 4.69) is 18.7 Å². The van der Waals surface area contributed by atoms with Gasteiger partial charge in [0, 0.05) is 51.1 Å². The van der Waals surface area contributed by atoms with Crippen molar-refractivity contribution in [1.82, 2.24) is 19.4 Å². The molecule has 0 N–H and O–H groups in total. The summed E-state index contributed by atoms with van der Waals surface area (Å²) in [4.78, 5) is 34.9. The highest BCUT2D eigenvalue weighted by atomic mass is 16.2. The van der Waals surface area contributed by atoms with E-state index in [1.54, 1.807) is 6.07 Å². The van der Waals surface area contributed by atoms with Gasteiger partial charge in [0.1, 0.15) is 5.82 Å². The van der Waals surface area contributed by atoms with Gasteiger partial charge in [-0.15, -0.1) is 0 Å². The number of carbonyl (C=O) groups excluding carboxylic acids is 1. The van der Waals surface area contributed by atoms with Crippen LogP contribution in [0.1, 0.15) is 69.8 Å². The minimum absolute atomic E-state index is 0.0895. The predicted octanol–water partition coefficient (Wildman–Crippen LogP) is 2.65. The average molecular weight is 401 g/mol. The van der Waals surface area contributed by atoms with Crippen LogP contribution < -0.4 is 5.56 Å². The van der Waals surface area contributed by atoms with Crippen LogP contribution in [-0.4, -0.2) is 58.0 Å². The van der Waals surface area contributed by atoms with Crippen LogP contribution in [-0.2, 0) is 17.8 Å². The van der Waals surface area contributed by atoms with Gasteiger partial charge in [0.2, 0.25) is 5.91 Å². The van der Waals surface area contributed by atoms with Crippen molar-refractivity contribution in [1.29, 1.82) is 0 Å². The topological polar surface area (TPSA) is 58.4 Å². The predicted molar refractivity (Wildman–Crippen MR) is 114 cm³/mol. The van der Waals surface area contributed by atoms with Crippen LogP contribution >= 0.6 is 0 Å². The molecule has 0 radical (unpaired) electrons. The van der Waals surface area contributed by atoms with E-state index >= 15 is 0 Å². The van der Waals surface area contributed by atoms with Gasteiger partial charge < -0.3 is 4.90 Å². The Kier molecular flexibility index (Phi) is 6.38. The maximum atomic E-state index is 13.0. The Labute approximate surface area is 174 Å². The SMILES string of the molecule is CC1CC(C)CN(CC(=O)N2CCCC(c3cc(=O)n4c(n3)CCCCC4)C2)C1. The quantitative estimate of drug-likeness (QED) is 0.783. The number of amides is 1.